The van der Waals surface area contributed by atoms with Gasteiger partial charge in [-0.1, -0.05) is 0 Å². The van der Waals surface area contributed by atoms with Crippen LogP contribution in [0.5, 0.6) is 11.5 Å². The van der Waals surface area contributed by atoms with Gasteiger partial charge in [-0.15, -0.1) is 0 Å². The van der Waals surface area contributed by atoms with Crippen LogP contribution in [0.3, 0.4) is 0 Å². The van der Waals surface area contributed by atoms with Gasteiger partial charge in [0, 0.05) is 23.4 Å². The molecule has 27 heavy (non-hydrogen) atoms. The highest BCUT2D eigenvalue weighted by Gasteiger charge is 2.30. The van der Waals surface area contributed by atoms with Crippen LogP contribution in [0.1, 0.15) is 24.4 Å². The second-order valence-corrected chi connectivity index (χ2v) is 6.41. The van der Waals surface area contributed by atoms with Crippen LogP contribution in [0.2, 0.25) is 0 Å². The molecule has 7 heteroatoms. The molecule has 1 fully saturated rings. The van der Waals surface area contributed by atoms with E-state index in [9.17, 15) is 13.6 Å². The molecule has 1 atom stereocenters. The Balaban J connectivity index is 1.73. The number of anilines is 1. The molecule has 1 unspecified atom stereocenters. The molecule has 2 aromatic rings. The first-order valence-corrected chi connectivity index (χ1v) is 8.72. The van der Waals surface area contributed by atoms with E-state index >= 15 is 0 Å². The number of amides is 1. The number of carbonyl (C=O) groups is 1. The largest absolute Gasteiger partial charge is 0.497 e. The molecule has 0 aromatic heterocycles. The molecule has 1 aliphatic rings. The van der Waals surface area contributed by atoms with Gasteiger partial charge in [-0.2, -0.15) is 0 Å². The molecule has 5 nitrogen and oxygen atoms in total. The van der Waals surface area contributed by atoms with Gasteiger partial charge in [-0.3, -0.25) is 9.69 Å². The van der Waals surface area contributed by atoms with Crippen LogP contribution in [0.15, 0.2) is 36.4 Å². The lowest BCUT2D eigenvalue weighted by Crippen LogP contribution is -2.33. The summed E-state index contributed by atoms with van der Waals surface area (Å²) in [5.41, 5.74) is 1.20. The Bertz CT molecular complexity index is 829. The first-order valence-electron chi connectivity index (χ1n) is 8.72. The van der Waals surface area contributed by atoms with E-state index < -0.39 is 11.6 Å². The lowest BCUT2D eigenvalue weighted by Gasteiger charge is -2.26. The van der Waals surface area contributed by atoms with E-state index in [1.165, 1.54) is 6.07 Å². The van der Waals surface area contributed by atoms with Crippen molar-refractivity contribution in [3.8, 4) is 11.5 Å². The van der Waals surface area contributed by atoms with Gasteiger partial charge in [0.2, 0.25) is 5.91 Å². The SMILES string of the molecule is COc1ccc(OC)c(C2CCCN2CC(=O)Nc2ccc(F)c(F)c2)c1. The average Bonchev–Trinajstić information content (AvgIpc) is 3.11. The van der Waals surface area contributed by atoms with E-state index in [2.05, 4.69) is 5.32 Å². The maximum absolute atomic E-state index is 13.3. The number of ether oxygens (including phenoxy) is 2. The minimum absolute atomic E-state index is 0.0192. The molecule has 0 aliphatic carbocycles. The Labute approximate surface area is 156 Å². The summed E-state index contributed by atoms with van der Waals surface area (Å²) in [6, 6.07) is 8.93. The first-order chi connectivity index (χ1) is 13.0. The van der Waals surface area contributed by atoms with Gasteiger partial charge >= 0.3 is 0 Å². The van der Waals surface area contributed by atoms with E-state index in [1.807, 2.05) is 23.1 Å². The molecule has 1 saturated heterocycles. The number of nitrogens with one attached hydrogen (secondary N) is 1. The zero-order chi connectivity index (χ0) is 19.4. The lowest BCUT2D eigenvalue weighted by molar-refractivity contribution is -0.117. The fraction of sp³-hybridized carbons (Fsp3) is 0.350. The number of carbonyl (C=O) groups excluding carboxylic acids is 1. The van der Waals surface area contributed by atoms with Crippen molar-refractivity contribution < 1.29 is 23.0 Å². The van der Waals surface area contributed by atoms with Gasteiger partial charge in [0.1, 0.15) is 11.5 Å². The van der Waals surface area contributed by atoms with Crippen molar-refractivity contribution in [1.29, 1.82) is 0 Å². The van der Waals surface area contributed by atoms with Crippen LogP contribution in [-0.2, 0) is 4.79 Å². The molecule has 1 N–H and O–H groups in total. The van der Waals surface area contributed by atoms with Gasteiger partial charge in [0.15, 0.2) is 11.6 Å². The molecular formula is C20H22F2N2O3. The number of likely N-dealkylation sites (tertiary alicyclic amines) is 1. The normalized spacial score (nSPS) is 17.0. The number of methoxy groups -OCH3 is 2. The predicted octanol–water partition coefficient (Wildman–Crippen LogP) is 3.76. The molecule has 0 radical (unpaired) electrons. The highest BCUT2D eigenvalue weighted by molar-refractivity contribution is 5.92. The standard InChI is InChI=1S/C20H22F2N2O3/c1-26-14-6-8-19(27-2)15(11-14)18-4-3-9-24(18)12-20(25)23-13-5-7-16(21)17(22)10-13/h5-8,10-11,18H,3-4,9,12H2,1-2H3,(H,23,25). The van der Waals surface area contributed by atoms with E-state index in [4.69, 9.17) is 9.47 Å². The quantitative estimate of drug-likeness (QED) is 0.834. The molecule has 1 heterocycles. The highest BCUT2D eigenvalue weighted by Crippen LogP contribution is 2.38. The van der Waals surface area contributed by atoms with Crippen LogP contribution < -0.4 is 14.8 Å². The maximum atomic E-state index is 13.3. The van der Waals surface area contributed by atoms with Gasteiger partial charge in [-0.05, 0) is 49.7 Å². The predicted molar refractivity (Wildman–Crippen MR) is 98.1 cm³/mol. The van der Waals surface area contributed by atoms with Gasteiger partial charge in [0.05, 0.1) is 20.8 Å². The number of hydrogen-bond acceptors (Lipinski definition) is 4. The number of halogens is 2. The van der Waals surface area contributed by atoms with Crippen LogP contribution in [0, 0.1) is 11.6 Å². The summed E-state index contributed by atoms with van der Waals surface area (Å²) in [5.74, 6) is -0.752. The maximum Gasteiger partial charge on any atom is 0.238 e. The first kappa shape index (κ1) is 19.1. The Kier molecular flexibility index (Phi) is 5.91. The van der Waals surface area contributed by atoms with E-state index in [0.29, 0.717) is 0 Å². The monoisotopic (exact) mass is 376 g/mol. The van der Waals surface area contributed by atoms with Crippen molar-refractivity contribution in [3.63, 3.8) is 0 Å². The second kappa shape index (κ2) is 8.35. The minimum atomic E-state index is -0.993. The third-order valence-electron chi connectivity index (χ3n) is 4.71. The smallest absolute Gasteiger partial charge is 0.238 e. The summed E-state index contributed by atoms with van der Waals surface area (Å²) in [5, 5.41) is 2.62. The summed E-state index contributed by atoms with van der Waals surface area (Å²) in [6.45, 7) is 0.903. The zero-order valence-electron chi connectivity index (χ0n) is 15.3. The van der Waals surface area contributed by atoms with Crippen molar-refractivity contribution in [2.24, 2.45) is 0 Å². The average molecular weight is 376 g/mol. The van der Waals surface area contributed by atoms with Crippen molar-refractivity contribution in [2.75, 3.05) is 32.6 Å². The Morgan fingerprint density at radius 1 is 1.15 bits per heavy atom. The third-order valence-corrected chi connectivity index (χ3v) is 4.71. The molecule has 3 rings (SSSR count). The third kappa shape index (κ3) is 4.36. The summed E-state index contributed by atoms with van der Waals surface area (Å²) in [6.07, 6.45) is 1.84. The number of rotatable bonds is 6. The van der Waals surface area contributed by atoms with E-state index in [0.717, 1.165) is 48.6 Å². The summed E-state index contributed by atoms with van der Waals surface area (Å²) >= 11 is 0. The molecule has 1 amide bonds. The Morgan fingerprint density at radius 2 is 1.96 bits per heavy atom. The fourth-order valence-corrected chi connectivity index (χ4v) is 3.43. The summed E-state index contributed by atoms with van der Waals surface area (Å²) < 4.78 is 37.1. The number of benzene rings is 2. The van der Waals surface area contributed by atoms with Gasteiger partial charge < -0.3 is 14.8 Å². The van der Waals surface area contributed by atoms with Crippen molar-refractivity contribution in [1.82, 2.24) is 4.90 Å². The summed E-state index contributed by atoms with van der Waals surface area (Å²) in [4.78, 5) is 14.4. The molecule has 1 aliphatic heterocycles. The van der Waals surface area contributed by atoms with Crippen LogP contribution in [0.25, 0.3) is 0 Å². The van der Waals surface area contributed by atoms with E-state index in [1.54, 1.807) is 14.2 Å². The zero-order valence-corrected chi connectivity index (χ0v) is 15.3. The van der Waals surface area contributed by atoms with Gasteiger partial charge in [0.25, 0.3) is 0 Å². The lowest BCUT2D eigenvalue weighted by atomic mass is 10.0. The molecule has 144 valence electrons. The molecular weight excluding hydrogens is 354 g/mol. The highest BCUT2D eigenvalue weighted by atomic mass is 19.2. The second-order valence-electron chi connectivity index (χ2n) is 6.41. The van der Waals surface area contributed by atoms with Crippen molar-refractivity contribution in [3.05, 3.63) is 53.6 Å². The number of nitrogens with zero attached hydrogens (tertiary/aromatic N) is 1. The molecule has 0 spiro atoms. The minimum Gasteiger partial charge on any atom is -0.497 e. The number of hydrogen-bond donors (Lipinski definition) is 1. The fourth-order valence-electron chi connectivity index (χ4n) is 3.43. The van der Waals surface area contributed by atoms with Crippen molar-refractivity contribution >= 4 is 11.6 Å². The van der Waals surface area contributed by atoms with Crippen molar-refractivity contribution in [2.45, 2.75) is 18.9 Å². The van der Waals surface area contributed by atoms with Crippen LogP contribution >= 0.6 is 0 Å². The summed E-state index contributed by atoms with van der Waals surface area (Å²) in [7, 11) is 3.22. The Morgan fingerprint density at radius 3 is 2.67 bits per heavy atom. The topological polar surface area (TPSA) is 50.8 Å². The van der Waals surface area contributed by atoms with Crippen LogP contribution in [0.4, 0.5) is 14.5 Å². The molecule has 0 bridgehead atoms. The van der Waals surface area contributed by atoms with Gasteiger partial charge in [-0.25, -0.2) is 8.78 Å². The molecule has 0 saturated carbocycles. The van der Waals surface area contributed by atoms with E-state index in [-0.39, 0.29) is 24.2 Å². The van der Waals surface area contributed by atoms with Crippen LogP contribution in [-0.4, -0.2) is 38.1 Å². The molecule has 2 aromatic carbocycles. The Hall–Kier alpha value is -2.67.